The van der Waals surface area contributed by atoms with Gasteiger partial charge in [0.05, 0.1) is 6.61 Å². The Morgan fingerprint density at radius 3 is 2.78 bits per heavy atom. The second-order valence-electron chi connectivity index (χ2n) is 5.21. The fourth-order valence-corrected chi connectivity index (χ4v) is 2.14. The van der Waals surface area contributed by atoms with Crippen molar-refractivity contribution in [2.75, 3.05) is 6.61 Å². The summed E-state index contributed by atoms with van der Waals surface area (Å²) in [4.78, 5) is 3.91. The smallest absolute Gasteiger partial charge is 0.272 e. The van der Waals surface area contributed by atoms with Gasteiger partial charge in [0.15, 0.2) is 6.61 Å². The molecule has 2 rings (SSSR count). The zero-order chi connectivity index (χ0) is 16.7. The minimum Gasteiger partial charge on any atom is -0.472 e. The Kier molecular flexibility index (Phi) is 6.43. The molecule has 124 valence electrons. The highest BCUT2D eigenvalue weighted by molar-refractivity contribution is 5.26. The predicted octanol–water partition coefficient (Wildman–Crippen LogP) is 3.07. The lowest BCUT2D eigenvalue weighted by molar-refractivity contribution is 0.0795. The van der Waals surface area contributed by atoms with Crippen LogP contribution in [-0.4, -0.2) is 23.1 Å². The molecule has 0 radical (unpaired) electrons. The summed E-state index contributed by atoms with van der Waals surface area (Å²) in [5, 5.41) is 12.5. The van der Waals surface area contributed by atoms with Gasteiger partial charge in [-0.3, -0.25) is 0 Å². The first-order chi connectivity index (χ1) is 11.1. The van der Waals surface area contributed by atoms with Crippen LogP contribution in [0.15, 0.2) is 42.6 Å². The summed E-state index contributed by atoms with van der Waals surface area (Å²) in [6.45, 7) is 1.92. The van der Waals surface area contributed by atoms with Gasteiger partial charge in [-0.15, -0.1) is 0 Å². The molecule has 0 saturated carbocycles. The van der Waals surface area contributed by atoms with Crippen LogP contribution in [0.4, 0.5) is 8.78 Å². The minimum atomic E-state index is -2.52. The molecular weight excluding hydrogens is 302 g/mol. The second-order valence-corrected chi connectivity index (χ2v) is 5.21. The summed E-state index contributed by atoms with van der Waals surface area (Å²) in [6.07, 6.45) is -0.980. The lowest BCUT2D eigenvalue weighted by Crippen LogP contribution is -2.18. The number of aliphatic hydroxyl groups is 1. The van der Waals surface area contributed by atoms with E-state index in [4.69, 9.17) is 4.74 Å². The zero-order valence-electron chi connectivity index (χ0n) is 12.9. The number of aliphatic hydroxyl groups excluding tert-OH is 1. The first kappa shape index (κ1) is 17.3. The van der Waals surface area contributed by atoms with Crippen LogP contribution in [0.2, 0.25) is 0 Å². The van der Waals surface area contributed by atoms with Gasteiger partial charge in [0, 0.05) is 24.8 Å². The maximum absolute atomic E-state index is 12.1. The number of alkyl halides is 2. The molecule has 0 fully saturated rings. The molecule has 0 aliphatic rings. The standard InChI is InChI=1S/C17H20F2N2O2/c1-12(15-4-2-3-14(7-15)10-22)21-9-13-5-6-20-17(8-13)23-11-16(18)19/h2-8,12,16,21-22H,9-11H2,1H3. The lowest BCUT2D eigenvalue weighted by Gasteiger charge is -2.15. The van der Waals surface area contributed by atoms with Crippen molar-refractivity contribution in [2.24, 2.45) is 0 Å². The maximum Gasteiger partial charge on any atom is 0.272 e. The monoisotopic (exact) mass is 322 g/mol. The fraction of sp³-hybridized carbons (Fsp3) is 0.353. The molecule has 0 aliphatic heterocycles. The van der Waals surface area contributed by atoms with Gasteiger partial charge in [-0.1, -0.05) is 24.3 Å². The Morgan fingerprint density at radius 1 is 1.22 bits per heavy atom. The van der Waals surface area contributed by atoms with Crippen LogP contribution >= 0.6 is 0 Å². The molecule has 0 aliphatic carbocycles. The van der Waals surface area contributed by atoms with Crippen molar-refractivity contribution in [2.45, 2.75) is 32.5 Å². The molecule has 0 bridgehead atoms. The molecule has 4 nitrogen and oxygen atoms in total. The Labute approximate surface area is 134 Å². The van der Waals surface area contributed by atoms with Crippen LogP contribution in [0.5, 0.6) is 5.88 Å². The van der Waals surface area contributed by atoms with E-state index in [1.807, 2.05) is 31.2 Å². The van der Waals surface area contributed by atoms with Crippen molar-refractivity contribution in [3.63, 3.8) is 0 Å². The lowest BCUT2D eigenvalue weighted by atomic mass is 10.1. The summed E-state index contributed by atoms with van der Waals surface area (Å²) in [6, 6.07) is 11.2. The van der Waals surface area contributed by atoms with Gasteiger partial charge in [-0.2, -0.15) is 0 Å². The van der Waals surface area contributed by atoms with Gasteiger partial charge in [-0.05, 0) is 29.7 Å². The number of nitrogens with one attached hydrogen (secondary N) is 1. The van der Waals surface area contributed by atoms with Crippen molar-refractivity contribution in [1.29, 1.82) is 0 Å². The molecule has 0 spiro atoms. The quantitative estimate of drug-likeness (QED) is 0.784. The van der Waals surface area contributed by atoms with E-state index in [-0.39, 0.29) is 18.5 Å². The van der Waals surface area contributed by atoms with Crippen molar-refractivity contribution >= 4 is 0 Å². The van der Waals surface area contributed by atoms with E-state index >= 15 is 0 Å². The third-order valence-corrected chi connectivity index (χ3v) is 3.40. The van der Waals surface area contributed by atoms with E-state index in [1.54, 1.807) is 12.1 Å². The summed E-state index contributed by atoms with van der Waals surface area (Å²) >= 11 is 0. The number of hydrogen-bond donors (Lipinski definition) is 2. The van der Waals surface area contributed by atoms with Gasteiger partial charge in [0.2, 0.25) is 5.88 Å². The van der Waals surface area contributed by atoms with Crippen LogP contribution in [0.3, 0.4) is 0 Å². The van der Waals surface area contributed by atoms with Crippen LogP contribution in [-0.2, 0) is 13.2 Å². The topological polar surface area (TPSA) is 54.4 Å². The number of benzene rings is 1. The number of nitrogens with zero attached hydrogens (tertiary/aromatic N) is 1. The molecule has 2 aromatic rings. The van der Waals surface area contributed by atoms with Gasteiger partial charge >= 0.3 is 0 Å². The first-order valence-electron chi connectivity index (χ1n) is 7.37. The van der Waals surface area contributed by atoms with Crippen LogP contribution in [0, 0.1) is 0 Å². The van der Waals surface area contributed by atoms with Crippen LogP contribution < -0.4 is 10.1 Å². The molecule has 0 amide bonds. The summed E-state index contributed by atoms with van der Waals surface area (Å²) in [5.74, 6) is 0.194. The number of aromatic nitrogens is 1. The Balaban J connectivity index is 1.93. The molecule has 1 unspecified atom stereocenters. The van der Waals surface area contributed by atoms with Crippen molar-refractivity contribution in [1.82, 2.24) is 10.3 Å². The molecule has 1 heterocycles. The number of halogens is 2. The highest BCUT2D eigenvalue weighted by atomic mass is 19.3. The molecule has 1 atom stereocenters. The summed E-state index contributed by atoms with van der Waals surface area (Å²) in [7, 11) is 0. The largest absolute Gasteiger partial charge is 0.472 e. The predicted molar refractivity (Wildman–Crippen MR) is 83.4 cm³/mol. The second kappa shape index (κ2) is 8.55. The van der Waals surface area contributed by atoms with E-state index < -0.39 is 13.0 Å². The third-order valence-electron chi connectivity index (χ3n) is 3.40. The number of pyridine rings is 1. The van der Waals surface area contributed by atoms with E-state index in [2.05, 4.69) is 10.3 Å². The SMILES string of the molecule is CC(NCc1ccnc(OCC(F)F)c1)c1cccc(CO)c1. The Hall–Kier alpha value is -2.05. The van der Waals surface area contributed by atoms with Crippen LogP contribution in [0.25, 0.3) is 0 Å². The molecule has 23 heavy (non-hydrogen) atoms. The normalized spacial score (nSPS) is 12.4. The van der Waals surface area contributed by atoms with E-state index in [0.717, 1.165) is 16.7 Å². The van der Waals surface area contributed by atoms with Gasteiger partial charge < -0.3 is 15.2 Å². The summed E-state index contributed by atoms with van der Waals surface area (Å²) in [5.41, 5.74) is 2.83. The Bertz CT molecular complexity index is 623. The van der Waals surface area contributed by atoms with E-state index in [1.165, 1.54) is 6.20 Å². The highest BCUT2D eigenvalue weighted by Gasteiger charge is 2.08. The number of rotatable bonds is 8. The van der Waals surface area contributed by atoms with Crippen molar-refractivity contribution in [3.8, 4) is 5.88 Å². The number of hydrogen-bond acceptors (Lipinski definition) is 4. The molecular formula is C17H20F2N2O2. The average molecular weight is 322 g/mol. The highest BCUT2D eigenvalue weighted by Crippen LogP contribution is 2.16. The first-order valence-corrected chi connectivity index (χ1v) is 7.37. The number of ether oxygens (including phenoxy) is 1. The summed E-state index contributed by atoms with van der Waals surface area (Å²) < 4.78 is 29.2. The van der Waals surface area contributed by atoms with Crippen LogP contribution in [0.1, 0.15) is 29.7 Å². The minimum absolute atomic E-state index is 0.00967. The fourth-order valence-electron chi connectivity index (χ4n) is 2.14. The zero-order valence-corrected chi connectivity index (χ0v) is 12.9. The van der Waals surface area contributed by atoms with Gasteiger partial charge in [0.25, 0.3) is 6.43 Å². The molecule has 2 N–H and O–H groups in total. The molecule has 1 aromatic carbocycles. The molecule has 1 aromatic heterocycles. The van der Waals surface area contributed by atoms with E-state index in [0.29, 0.717) is 6.54 Å². The van der Waals surface area contributed by atoms with Crippen molar-refractivity contribution < 1.29 is 18.6 Å². The maximum atomic E-state index is 12.1. The van der Waals surface area contributed by atoms with Crippen molar-refractivity contribution in [3.05, 3.63) is 59.3 Å². The van der Waals surface area contributed by atoms with E-state index in [9.17, 15) is 13.9 Å². The third kappa shape index (κ3) is 5.58. The van der Waals surface area contributed by atoms with Gasteiger partial charge in [-0.25, -0.2) is 13.8 Å². The molecule has 6 heteroatoms. The average Bonchev–Trinajstić information content (AvgIpc) is 2.58. The molecule has 0 saturated heterocycles. The Morgan fingerprint density at radius 2 is 2.04 bits per heavy atom. The van der Waals surface area contributed by atoms with Gasteiger partial charge in [0.1, 0.15) is 0 Å².